The van der Waals surface area contributed by atoms with Gasteiger partial charge in [0.2, 0.25) is 0 Å². The fraction of sp³-hybridized carbons (Fsp3) is 0.200. The SMILES string of the molecule is Cc1ccc(Br)c(C(Cc2cc(F)ccc2Br)NN)c1. The monoisotopic (exact) mass is 400 g/mol. The van der Waals surface area contributed by atoms with Gasteiger partial charge in [-0.25, -0.2) is 4.39 Å². The van der Waals surface area contributed by atoms with Crippen LogP contribution in [0, 0.1) is 12.7 Å². The number of hydrogen-bond donors (Lipinski definition) is 2. The van der Waals surface area contributed by atoms with Crippen LogP contribution in [0.5, 0.6) is 0 Å². The van der Waals surface area contributed by atoms with Crippen molar-refractivity contribution < 1.29 is 4.39 Å². The van der Waals surface area contributed by atoms with Crippen LogP contribution in [0.25, 0.3) is 0 Å². The van der Waals surface area contributed by atoms with Gasteiger partial charge in [0.25, 0.3) is 0 Å². The maximum absolute atomic E-state index is 13.4. The summed E-state index contributed by atoms with van der Waals surface area (Å²) in [4.78, 5) is 0. The van der Waals surface area contributed by atoms with Crippen molar-refractivity contribution in [2.24, 2.45) is 5.84 Å². The topological polar surface area (TPSA) is 38.0 Å². The minimum absolute atomic E-state index is 0.0950. The first-order chi connectivity index (χ1) is 9.51. The Balaban J connectivity index is 2.33. The highest BCUT2D eigenvalue weighted by Crippen LogP contribution is 2.29. The van der Waals surface area contributed by atoms with E-state index >= 15 is 0 Å². The molecule has 1 atom stereocenters. The first-order valence-corrected chi connectivity index (χ1v) is 7.76. The third-order valence-corrected chi connectivity index (χ3v) is 4.66. The van der Waals surface area contributed by atoms with Crippen molar-refractivity contribution in [2.75, 3.05) is 0 Å². The van der Waals surface area contributed by atoms with Crippen LogP contribution < -0.4 is 11.3 Å². The Morgan fingerprint density at radius 1 is 1.15 bits per heavy atom. The van der Waals surface area contributed by atoms with Crippen LogP contribution in [0.4, 0.5) is 4.39 Å². The van der Waals surface area contributed by atoms with Crippen LogP contribution in [0.15, 0.2) is 45.3 Å². The van der Waals surface area contributed by atoms with Gasteiger partial charge in [0.1, 0.15) is 5.82 Å². The lowest BCUT2D eigenvalue weighted by Gasteiger charge is -2.19. The maximum Gasteiger partial charge on any atom is 0.123 e. The molecule has 2 aromatic rings. The fourth-order valence-electron chi connectivity index (χ4n) is 2.11. The zero-order valence-electron chi connectivity index (χ0n) is 11.0. The van der Waals surface area contributed by atoms with Gasteiger partial charge in [-0.1, -0.05) is 49.6 Å². The molecule has 0 saturated carbocycles. The predicted octanol–water partition coefficient (Wildman–Crippen LogP) is 4.41. The molecule has 20 heavy (non-hydrogen) atoms. The largest absolute Gasteiger partial charge is 0.271 e. The van der Waals surface area contributed by atoms with Gasteiger partial charge < -0.3 is 0 Å². The minimum Gasteiger partial charge on any atom is -0.271 e. The van der Waals surface area contributed by atoms with Crippen molar-refractivity contribution >= 4 is 31.9 Å². The predicted molar refractivity (Wildman–Crippen MR) is 86.7 cm³/mol. The van der Waals surface area contributed by atoms with E-state index in [0.717, 1.165) is 25.6 Å². The molecular weight excluding hydrogens is 387 g/mol. The van der Waals surface area contributed by atoms with E-state index in [2.05, 4.69) is 43.4 Å². The van der Waals surface area contributed by atoms with E-state index in [4.69, 9.17) is 5.84 Å². The Kier molecular flexibility index (Phi) is 5.32. The number of nitrogens with two attached hydrogens (primary N) is 1. The number of aryl methyl sites for hydroxylation is 1. The lowest BCUT2D eigenvalue weighted by atomic mass is 9.98. The standard InChI is InChI=1S/C15H15Br2FN2/c1-9-2-4-14(17)12(6-9)15(20-19)8-10-7-11(18)3-5-13(10)16/h2-7,15,20H,8,19H2,1H3. The summed E-state index contributed by atoms with van der Waals surface area (Å²) in [6, 6.07) is 10.7. The molecule has 0 heterocycles. The molecule has 2 nitrogen and oxygen atoms in total. The molecule has 5 heteroatoms. The van der Waals surface area contributed by atoms with Crippen LogP contribution in [0.3, 0.4) is 0 Å². The van der Waals surface area contributed by atoms with Crippen molar-refractivity contribution in [1.29, 1.82) is 0 Å². The van der Waals surface area contributed by atoms with Gasteiger partial charge in [0.05, 0.1) is 6.04 Å². The number of halogens is 3. The molecule has 0 saturated heterocycles. The van der Waals surface area contributed by atoms with E-state index in [1.807, 2.05) is 19.1 Å². The van der Waals surface area contributed by atoms with Crippen molar-refractivity contribution in [3.05, 3.63) is 67.9 Å². The van der Waals surface area contributed by atoms with E-state index in [1.54, 1.807) is 6.07 Å². The molecule has 1 unspecified atom stereocenters. The summed E-state index contributed by atoms with van der Waals surface area (Å²) in [5.41, 5.74) is 5.90. The van der Waals surface area contributed by atoms with Crippen LogP contribution in [0.2, 0.25) is 0 Å². The highest BCUT2D eigenvalue weighted by molar-refractivity contribution is 9.10. The summed E-state index contributed by atoms with van der Waals surface area (Å²) in [6.07, 6.45) is 0.594. The summed E-state index contributed by atoms with van der Waals surface area (Å²) >= 11 is 6.98. The molecule has 0 aliphatic carbocycles. The molecule has 0 fully saturated rings. The van der Waals surface area contributed by atoms with Gasteiger partial charge in [-0.15, -0.1) is 0 Å². The van der Waals surface area contributed by atoms with Crippen LogP contribution in [0.1, 0.15) is 22.7 Å². The second-order valence-electron chi connectivity index (χ2n) is 4.68. The Labute approximate surface area is 134 Å². The van der Waals surface area contributed by atoms with Crippen molar-refractivity contribution in [3.63, 3.8) is 0 Å². The van der Waals surface area contributed by atoms with Crippen LogP contribution in [-0.2, 0) is 6.42 Å². The minimum atomic E-state index is -0.248. The van der Waals surface area contributed by atoms with Gasteiger partial charge in [-0.3, -0.25) is 11.3 Å². The molecule has 3 N–H and O–H groups in total. The number of hydrogen-bond acceptors (Lipinski definition) is 2. The number of rotatable bonds is 4. The molecule has 0 radical (unpaired) electrons. The summed E-state index contributed by atoms with van der Waals surface area (Å²) in [5.74, 6) is 5.43. The van der Waals surface area contributed by atoms with Gasteiger partial charge >= 0.3 is 0 Å². The van der Waals surface area contributed by atoms with E-state index in [9.17, 15) is 4.39 Å². The van der Waals surface area contributed by atoms with Gasteiger partial charge in [-0.2, -0.15) is 0 Å². The maximum atomic E-state index is 13.4. The van der Waals surface area contributed by atoms with Gasteiger partial charge in [0.15, 0.2) is 0 Å². The highest BCUT2D eigenvalue weighted by Gasteiger charge is 2.16. The molecule has 0 aromatic heterocycles. The van der Waals surface area contributed by atoms with Crippen molar-refractivity contribution in [2.45, 2.75) is 19.4 Å². The first kappa shape index (κ1) is 15.6. The van der Waals surface area contributed by atoms with Crippen LogP contribution in [-0.4, -0.2) is 0 Å². The fourth-order valence-corrected chi connectivity index (χ4v) is 3.04. The van der Waals surface area contributed by atoms with E-state index in [-0.39, 0.29) is 11.9 Å². The molecule has 0 aliphatic heterocycles. The Bertz CT molecular complexity index is 617. The Hall–Kier alpha value is -0.750. The summed E-state index contributed by atoms with van der Waals surface area (Å²) in [6.45, 7) is 2.03. The number of nitrogens with one attached hydrogen (secondary N) is 1. The zero-order chi connectivity index (χ0) is 14.7. The lowest BCUT2D eigenvalue weighted by Crippen LogP contribution is -2.30. The lowest BCUT2D eigenvalue weighted by molar-refractivity contribution is 0.545. The van der Waals surface area contributed by atoms with Gasteiger partial charge in [-0.05, 0) is 48.7 Å². The highest BCUT2D eigenvalue weighted by atomic mass is 79.9. The van der Waals surface area contributed by atoms with Crippen LogP contribution >= 0.6 is 31.9 Å². The average molecular weight is 402 g/mol. The van der Waals surface area contributed by atoms with Crippen molar-refractivity contribution in [1.82, 2.24) is 5.43 Å². The smallest absolute Gasteiger partial charge is 0.123 e. The first-order valence-electron chi connectivity index (χ1n) is 6.17. The molecule has 0 spiro atoms. The quantitative estimate of drug-likeness (QED) is 0.588. The Morgan fingerprint density at radius 3 is 2.55 bits per heavy atom. The second-order valence-corrected chi connectivity index (χ2v) is 6.39. The van der Waals surface area contributed by atoms with Gasteiger partial charge in [0, 0.05) is 8.95 Å². The molecule has 2 aromatic carbocycles. The van der Waals surface area contributed by atoms with Crippen molar-refractivity contribution in [3.8, 4) is 0 Å². The zero-order valence-corrected chi connectivity index (χ0v) is 14.1. The third-order valence-electron chi connectivity index (χ3n) is 3.16. The summed E-state index contributed by atoms with van der Waals surface area (Å²) in [7, 11) is 0. The molecule has 0 aliphatic rings. The number of benzene rings is 2. The Morgan fingerprint density at radius 2 is 1.85 bits per heavy atom. The second kappa shape index (κ2) is 6.80. The normalized spacial score (nSPS) is 12.4. The summed E-state index contributed by atoms with van der Waals surface area (Å²) < 4.78 is 15.2. The summed E-state index contributed by atoms with van der Waals surface area (Å²) in [5, 5.41) is 0. The average Bonchev–Trinajstić information content (AvgIpc) is 2.42. The van der Waals surface area contributed by atoms with E-state index < -0.39 is 0 Å². The van der Waals surface area contributed by atoms with E-state index in [0.29, 0.717) is 6.42 Å². The molecule has 106 valence electrons. The van der Waals surface area contributed by atoms with E-state index in [1.165, 1.54) is 12.1 Å². The molecule has 0 bridgehead atoms. The number of hydrazine groups is 1. The molecule has 2 rings (SSSR count). The molecular formula is C15H15Br2FN2. The third kappa shape index (κ3) is 3.67. The molecule has 0 amide bonds.